The van der Waals surface area contributed by atoms with Gasteiger partial charge in [0.1, 0.15) is 10.8 Å². The van der Waals surface area contributed by atoms with Gasteiger partial charge in [0.2, 0.25) is 0 Å². The van der Waals surface area contributed by atoms with Gasteiger partial charge >= 0.3 is 5.97 Å². The Morgan fingerprint density at radius 3 is 2.80 bits per heavy atom. The SMILES string of the molecule is O=C(O)c1ccc(Nc2snc3ccccc23)cc1F. The number of benzene rings is 2. The van der Waals surface area contributed by atoms with Crippen molar-refractivity contribution in [2.24, 2.45) is 0 Å². The summed E-state index contributed by atoms with van der Waals surface area (Å²) in [6, 6.07) is 11.5. The summed E-state index contributed by atoms with van der Waals surface area (Å²) in [6.07, 6.45) is 0. The van der Waals surface area contributed by atoms with Gasteiger partial charge in [-0.25, -0.2) is 9.18 Å². The fraction of sp³-hybridized carbons (Fsp3) is 0. The van der Waals surface area contributed by atoms with Gasteiger partial charge in [0.15, 0.2) is 0 Å². The molecule has 20 heavy (non-hydrogen) atoms. The molecular formula is C14H9FN2O2S. The van der Waals surface area contributed by atoms with E-state index in [1.54, 1.807) is 0 Å². The number of hydrogen-bond acceptors (Lipinski definition) is 4. The van der Waals surface area contributed by atoms with Crippen LogP contribution >= 0.6 is 11.5 Å². The Bertz CT molecular complexity index is 801. The standard InChI is InChI=1S/C14H9FN2O2S/c15-11-7-8(5-6-9(11)14(18)19)16-13-10-3-1-2-4-12(10)17-20-13/h1-7,16H,(H,18,19). The molecule has 0 unspecified atom stereocenters. The molecule has 0 bridgehead atoms. The first kappa shape index (κ1) is 12.6. The number of carboxylic acids is 1. The topological polar surface area (TPSA) is 62.2 Å². The number of rotatable bonds is 3. The normalized spacial score (nSPS) is 10.7. The average molecular weight is 288 g/mol. The van der Waals surface area contributed by atoms with Crippen LogP contribution in [0.2, 0.25) is 0 Å². The van der Waals surface area contributed by atoms with Crippen LogP contribution in [0.3, 0.4) is 0 Å². The first-order chi connectivity index (χ1) is 9.65. The third-order valence-corrected chi connectivity index (χ3v) is 3.63. The first-order valence-corrected chi connectivity index (χ1v) is 6.57. The summed E-state index contributed by atoms with van der Waals surface area (Å²) in [5.41, 5.74) is 1.01. The van der Waals surface area contributed by atoms with Gasteiger partial charge in [0.05, 0.1) is 11.1 Å². The molecule has 3 aromatic rings. The molecule has 0 radical (unpaired) electrons. The highest BCUT2D eigenvalue weighted by Gasteiger charge is 2.11. The molecule has 0 atom stereocenters. The lowest BCUT2D eigenvalue weighted by atomic mass is 10.2. The summed E-state index contributed by atoms with van der Waals surface area (Å²) in [7, 11) is 0. The average Bonchev–Trinajstić information content (AvgIpc) is 2.82. The lowest BCUT2D eigenvalue weighted by Crippen LogP contribution is -2.01. The number of aromatic nitrogens is 1. The minimum absolute atomic E-state index is 0.343. The third-order valence-electron chi connectivity index (χ3n) is 2.84. The summed E-state index contributed by atoms with van der Waals surface area (Å²) < 4.78 is 17.9. The number of nitrogens with zero attached hydrogens (tertiary/aromatic N) is 1. The number of halogens is 1. The Balaban J connectivity index is 1.95. The lowest BCUT2D eigenvalue weighted by Gasteiger charge is -2.05. The van der Waals surface area contributed by atoms with Crippen molar-refractivity contribution in [3.8, 4) is 0 Å². The van der Waals surface area contributed by atoms with Crippen molar-refractivity contribution in [1.82, 2.24) is 4.37 Å². The number of nitrogens with one attached hydrogen (secondary N) is 1. The molecule has 0 aliphatic rings. The van der Waals surface area contributed by atoms with E-state index in [9.17, 15) is 9.18 Å². The quantitative estimate of drug-likeness (QED) is 0.767. The van der Waals surface area contributed by atoms with E-state index >= 15 is 0 Å². The Morgan fingerprint density at radius 2 is 2.05 bits per heavy atom. The van der Waals surface area contributed by atoms with E-state index in [0.29, 0.717) is 5.69 Å². The van der Waals surface area contributed by atoms with E-state index < -0.39 is 11.8 Å². The molecule has 0 spiro atoms. The van der Waals surface area contributed by atoms with Crippen LogP contribution in [0.1, 0.15) is 10.4 Å². The number of fused-ring (bicyclic) bond motifs is 1. The fourth-order valence-corrected chi connectivity index (χ4v) is 2.66. The van der Waals surface area contributed by atoms with Crippen LogP contribution < -0.4 is 5.32 Å². The monoisotopic (exact) mass is 288 g/mol. The van der Waals surface area contributed by atoms with Crippen molar-refractivity contribution >= 4 is 39.1 Å². The maximum atomic E-state index is 13.6. The highest BCUT2D eigenvalue weighted by Crippen LogP contribution is 2.30. The Hall–Kier alpha value is -2.47. The van der Waals surface area contributed by atoms with Gasteiger partial charge in [-0.05, 0) is 41.9 Å². The second-order valence-corrected chi connectivity index (χ2v) is 4.93. The molecule has 0 fully saturated rings. The van der Waals surface area contributed by atoms with Gasteiger partial charge in [0, 0.05) is 11.1 Å². The Labute approximate surface area is 117 Å². The molecule has 2 aromatic carbocycles. The van der Waals surface area contributed by atoms with Crippen molar-refractivity contribution in [1.29, 1.82) is 0 Å². The number of carboxylic acid groups (broad SMARTS) is 1. The third kappa shape index (κ3) is 2.21. The molecule has 0 saturated heterocycles. The largest absolute Gasteiger partial charge is 0.478 e. The molecule has 2 N–H and O–H groups in total. The van der Waals surface area contributed by atoms with Crippen molar-refractivity contribution in [2.45, 2.75) is 0 Å². The molecule has 0 aliphatic carbocycles. The van der Waals surface area contributed by atoms with E-state index in [4.69, 9.17) is 5.11 Å². The van der Waals surface area contributed by atoms with Crippen molar-refractivity contribution in [3.63, 3.8) is 0 Å². The zero-order valence-electron chi connectivity index (χ0n) is 10.1. The second-order valence-electron chi connectivity index (χ2n) is 4.15. The predicted octanol–water partition coefficient (Wildman–Crippen LogP) is 3.88. The number of aromatic carboxylic acids is 1. The van der Waals surface area contributed by atoms with Crippen LogP contribution in [-0.2, 0) is 0 Å². The highest BCUT2D eigenvalue weighted by atomic mass is 32.1. The van der Waals surface area contributed by atoms with Gasteiger partial charge in [0.25, 0.3) is 0 Å². The minimum atomic E-state index is -1.28. The molecule has 0 amide bonds. The number of carbonyl (C=O) groups is 1. The molecule has 6 heteroatoms. The summed E-state index contributed by atoms with van der Waals surface area (Å²) in [6.45, 7) is 0. The highest BCUT2D eigenvalue weighted by molar-refractivity contribution is 7.11. The van der Waals surface area contributed by atoms with Crippen LogP contribution in [0.5, 0.6) is 0 Å². The van der Waals surface area contributed by atoms with Gasteiger partial charge in [-0.3, -0.25) is 0 Å². The van der Waals surface area contributed by atoms with E-state index in [1.165, 1.54) is 23.7 Å². The molecule has 4 nitrogen and oxygen atoms in total. The zero-order valence-corrected chi connectivity index (χ0v) is 10.9. The van der Waals surface area contributed by atoms with Gasteiger partial charge < -0.3 is 10.4 Å². The van der Waals surface area contributed by atoms with Crippen LogP contribution in [0.25, 0.3) is 10.9 Å². The molecule has 100 valence electrons. The summed E-state index contributed by atoms with van der Waals surface area (Å²) >= 11 is 1.27. The van der Waals surface area contributed by atoms with Crippen molar-refractivity contribution < 1.29 is 14.3 Å². The minimum Gasteiger partial charge on any atom is -0.478 e. The molecular weight excluding hydrogens is 279 g/mol. The molecule has 1 aromatic heterocycles. The first-order valence-electron chi connectivity index (χ1n) is 5.79. The number of anilines is 2. The van der Waals surface area contributed by atoms with E-state index in [2.05, 4.69) is 9.69 Å². The molecule has 3 rings (SSSR count). The Morgan fingerprint density at radius 1 is 1.25 bits per heavy atom. The molecule has 0 saturated carbocycles. The Kier molecular flexibility index (Phi) is 3.08. The van der Waals surface area contributed by atoms with Crippen LogP contribution in [0.4, 0.5) is 15.1 Å². The van der Waals surface area contributed by atoms with Gasteiger partial charge in [-0.1, -0.05) is 12.1 Å². The summed E-state index contributed by atoms with van der Waals surface area (Å²) in [4.78, 5) is 10.8. The second kappa shape index (κ2) is 4.90. The maximum Gasteiger partial charge on any atom is 0.338 e. The smallest absolute Gasteiger partial charge is 0.338 e. The fourth-order valence-electron chi connectivity index (χ4n) is 1.88. The van der Waals surface area contributed by atoms with E-state index in [1.807, 2.05) is 24.3 Å². The van der Waals surface area contributed by atoms with Crippen molar-refractivity contribution in [3.05, 3.63) is 53.8 Å². The molecule has 1 heterocycles. The van der Waals surface area contributed by atoms with Gasteiger partial charge in [-0.2, -0.15) is 4.37 Å². The van der Waals surface area contributed by atoms with Crippen LogP contribution in [0.15, 0.2) is 42.5 Å². The summed E-state index contributed by atoms with van der Waals surface area (Å²) in [5, 5.41) is 13.6. The van der Waals surface area contributed by atoms with Crippen LogP contribution in [-0.4, -0.2) is 15.4 Å². The predicted molar refractivity (Wildman–Crippen MR) is 76.3 cm³/mol. The maximum absolute atomic E-state index is 13.6. The molecule has 0 aliphatic heterocycles. The lowest BCUT2D eigenvalue weighted by molar-refractivity contribution is 0.0692. The van der Waals surface area contributed by atoms with Crippen molar-refractivity contribution in [2.75, 3.05) is 5.32 Å². The summed E-state index contributed by atoms with van der Waals surface area (Å²) in [5.74, 6) is -2.05. The zero-order chi connectivity index (χ0) is 14.1. The van der Waals surface area contributed by atoms with E-state index in [-0.39, 0.29) is 5.56 Å². The van der Waals surface area contributed by atoms with Crippen LogP contribution in [0, 0.1) is 5.82 Å². The van der Waals surface area contributed by atoms with Gasteiger partial charge in [-0.15, -0.1) is 0 Å². The number of hydrogen-bond donors (Lipinski definition) is 2. The van der Waals surface area contributed by atoms with E-state index in [0.717, 1.165) is 22.0 Å².